The summed E-state index contributed by atoms with van der Waals surface area (Å²) in [5, 5.41) is 14.2. The van der Waals surface area contributed by atoms with Crippen molar-refractivity contribution in [1.82, 2.24) is 19.6 Å². The van der Waals surface area contributed by atoms with Gasteiger partial charge in [-0.1, -0.05) is 26.8 Å². The van der Waals surface area contributed by atoms with Gasteiger partial charge in [0.1, 0.15) is 19.7 Å². The SMILES string of the molecule is [B]c1c(CCC(C)C)cc(-c2ccc(N3CCC(Cc4ccc(CC)nc4)CC3)nc2)c2c(C#N)cnn12. The van der Waals surface area contributed by atoms with Crippen molar-refractivity contribution in [2.75, 3.05) is 18.0 Å². The van der Waals surface area contributed by atoms with Gasteiger partial charge in [0.25, 0.3) is 0 Å². The summed E-state index contributed by atoms with van der Waals surface area (Å²) in [7, 11) is 6.48. The Hall–Kier alpha value is -3.66. The first kappa shape index (κ1) is 26.0. The highest BCUT2D eigenvalue weighted by Gasteiger charge is 2.21. The van der Waals surface area contributed by atoms with Crippen LogP contribution in [-0.4, -0.2) is 40.5 Å². The number of piperidine rings is 1. The lowest BCUT2D eigenvalue weighted by molar-refractivity contribution is 0.402. The third-order valence-corrected chi connectivity index (χ3v) is 7.78. The van der Waals surface area contributed by atoms with Crippen LogP contribution in [0.2, 0.25) is 0 Å². The molecule has 7 heteroatoms. The number of rotatable bonds is 8. The quantitative estimate of drug-likeness (QED) is 0.315. The number of hydrogen-bond donors (Lipinski definition) is 0. The second-order valence-corrected chi connectivity index (χ2v) is 10.9. The first-order valence-electron chi connectivity index (χ1n) is 13.8. The Morgan fingerprint density at radius 3 is 2.53 bits per heavy atom. The fraction of sp³-hybridized carbons (Fsp3) is 0.419. The second-order valence-electron chi connectivity index (χ2n) is 10.9. The van der Waals surface area contributed by atoms with Crippen molar-refractivity contribution in [2.24, 2.45) is 11.8 Å². The van der Waals surface area contributed by atoms with Gasteiger partial charge in [0.15, 0.2) is 0 Å². The first-order chi connectivity index (χ1) is 18.5. The van der Waals surface area contributed by atoms with Crippen molar-refractivity contribution in [3.63, 3.8) is 0 Å². The molecule has 2 radical (unpaired) electrons. The molecule has 4 aromatic heterocycles. The van der Waals surface area contributed by atoms with E-state index in [4.69, 9.17) is 12.8 Å². The lowest BCUT2D eigenvalue weighted by atomic mass is 9.89. The molecular weight excluding hydrogens is 467 g/mol. The van der Waals surface area contributed by atoms with E-state index >= 15 is 0 Å². The molecule has 0 N–H and O–H groups in total. The molecule has 1 aliphatic heterocycles. The van der Waals surface area contributed by atoms with Crippen molar-refractivity contribution in [2.45, 2.75) is 59.3 Å². The van der Waals surface area contributed by atoms with Crippen LogP contribution in [0.3, 0.4) is 0 Å². The third-order valence-electron chi connectivity index (χ3n) is 7.78. The van der Waals surface area contributed by atoms with E-state index in [2.05, 4.69) is 72.2 Å². The minimum absolute atomic E-state index is 0.521. The minimum Gasteiger partial charge on any atom is -0.357 e. The van der Waals surface area contributed by atoms with Gasteiger partial charge in [-0.2, -0.15) is 10.4 Å². The molecule has 0 bridgehead atoms. The predicted octanol–water partition coefficient (Wildman–Crippen LogP) is 5.07. The van der Waals surface area contributed by atoms with E-state index in [0.29, 0.717) is 23.0 Å². The van der Waals surface area contributed by atoms with Crippen LogP contribution in [0, 0.1) is 23.2 Å². The minimum atomic E-state index is 0.521. The average Bonchev–Trinajstić information content (AvgIpc) is 3.38. The van der Waals surface area contributed by atoms with E-state index in [1.165, 1.54) is 5.56 Å². The molecule has 5 heterocycles. The average molecular weight is 502 g/mol. The number of nitriles is 1. The van der Waals surface area contributed by atoms with E-state index in [0.717, 1.165) is 85.3 Å². The van der Waals surface area contributed by atoms with E-state index in [1.807, 2.05) is 12.4 Å². The highest BCUT2D eigenvalue weighted by molar-refractivity contribution is 6.32. The largest absolute Gasteiger partial charge is 0.357 e. The summed E-state index contributed by atoms with van der Waals surface area (Å²) in [4.78, 5) is 11.8. The third kappa shape index (κ3) is 5.45. The molecule has 38 heavy (non-hydrogen) atoms. The molecule has 0 unspecified atom stereocenters. The molecule has 0 atom stereocenters. The van der Waals surface area contributed by atoms with Crippen LogP contribution in [0.25, 0.3) is 16.6 Å². The molecule has 1 aliphatic rings. The summed E-state index contributed by atoms with van der Waals surface area (Å²) < 4.78 is 1.72. The molecule has 192 valence electrons. The van der Waals surface area contributed by atoms with E-state index in [-0.39, 0.29) is 0 Å². The number of pyridine rings is 3. The Kier molecular flexibility index (Phi) is 7.78. The van der Waals surface area contributed by atoms with Crippen molar-refractivity contribution < 1.29 is 0 Å². The Morgan fingerprint density at radius 2 is 1.89 bits per heavy atom. The Balaban J connectivity index is 1.32. The Bertz CT molecular complexity index is 1420. The Morgan fingerprint density at radius 1 is 1.08 bits per heavy atom. The molecule has 1 saturated heterocycles. The van der Waals surface area contributed by atoms with Gasteiger partial charge in [-0.15, -0.1) is 0 Å². The summed E-state index contributed by atoms with van der Waals surface area (Å²) in [5.41, 5.74) is 7.34. The zero-order valence-corrected chi connectivity index (χ0v) is 22.7. The van der Waals surface area contributed by atoms with Crippen LogP contribution in [0.5, 0.6) is 0 Å². The number of fused-ring (bicyclic) bond motifs is 1. The number of nitrogens with zero attached hydrogens (tertiary/aromatic N) is 6. The second kappa shape index (κ2) is 11.4. The first-order valence-corrected chi connectivity index (χ1v) is 13.8. The van der Waals surface area contributed by atoms with Crippen molar-refractivity contribution in [3.8, 4) is 17.2 Å². The van der Waals surface area contributed by atoms with Gasteiger partial charge < -0.3 is 4.90 Å². The van der Waals surface area contributed by atoms with Gasteiger partial charge >= 0.3 is 0 Å². The van der Waals surface area contributed by atoms with Gasteiger partial charge in [-0.25, -0.2) is 9.50 Å². The van der Waals surface area contributed by atoms with Crippen molar-refractivity contribution in [3.05, 3.63) is 71.3 Å². The lowest BCUT2D eigenvalue weighted by Gasteiger charge is -2.33. The van der Waals surface area contributed by atoms with Gasteiger partial charge in [0.2, 0.25) is 0 Å². The van der Waals surface area contributed by atoms with Gasteiger partial charge in [-0.05, 0) is 91.3 Å². The molecule has 0 aliphatic carbocycles. The zero-order valence-electron chi connectivity index (χ0n) is 22.7. The highest BCUT2D eigenvalue weighted by atomic mass is 15.2. The smallest absolute Gasteiger partial charge is 0.142 e. The van der Waals surface area contributed by atoms with Crippen LogP contribution in [0.1, 0.15) is 62.4 Å². The number of hydrogen-bond acceptors (Lipinski definition) is 5. The van der Waals surface area contributed by atoms with E-state index < -0.39 is 0 Å². The summed E-state index contributed by atoms with van der Waals surface area (Å²) in [5.74, 6) is 2.25. The fourth-order valence-corrected chi connectivity index (χ4v) is 5.41. The van der Waals surface area contributed by atoms with Gasteiger partial charge in [0.05, 0.1) is 17.3 Å². The molecule has 4 aromatic rings. The normalized spacial score (nSPS) is 14.3. The van der Waals surface area contributed by atoms with Crippen LogP contribution >= 0.6 is 0 Å². The number of aryl methyl sites for hydroxylation is 2. The lowest BCUT2D eigenvalue weighted by Crippen LogP contribution is -2.34. The summed E-state index contributed by atoms with van der Waals surface area (Å²) in [6, 6.07) is 13.0. The summed E-state index contributed by atoms with van der Waals surface area (Å²) in [6.07, 6.45) is 11.9. The van der Waals surface area contributed by atoms with Crippen molar-refractivity contribution in [1.29, 1.82) is 5.26 Å². The maximum absolute atomic E-state index is 9.71. The molecule has 6 nitrogen and oxygen atoms in total. The molecule has 0 aromatic carbocycles. The van der Waals surface area contributed by atoms with Crippen LogP contribution in [0.15, 0.2) is 48.9 Å². The fourth-order valence-electron chi connectivity index (χ4n) is 5.41. The molecule has 1 fully saturated rings. The van der Waals surface area contributed by atoms with Gasteiger partial charge in [-0.3, -0.25) is 4.98 Å². The number of aromatic nitrogens is 4. The molecule has 0 saturated carbocycles. The summed E-state index contributed by atoms with van der Waals surface area (Å²) in [6.45, 7) is 8.57. The van der Waals surface area contributed by atoms with Crippen LogP contribution in [0.4, 0.5) is 5.82 Å². The van der Waals surface area contributed by atoms with E-state index in [9.17, 15) is 5.26 Å². The standard InChI is InChI=1S/C31H35BN6/c1-4-27-9-6-23(18-34-27)15-22-11-13-37(14-12-22)29-10-8-25(19-35-29)28-16-24(7-5-21(2)3)31(32)38-30(28)26(17-33)20-36-38/h6,8-10,16,18-22H,4-5,7,11-15H2,1-3H3. The maximum Gasteiger partial charge on any atom is 0.142 e. The topological polar surface area (TPSA) is 70.1 Å². The predicted molar refractivity (Wildman–Crippen MR) is 154 cm³/mol. The van der Waals surface area contributed by atoms with Gasteiger partial charge in [0, 0.05) is 42.3 Å². The van der Waals surface area contributed by atoms with Crippen LogP contribution in [-0.2, 0) is 19.3 Å². The monoisotopic (exact) mass is 502 g/mol. The zero-order chi connectivity index (χ0) is 26.6. The molecular formula is C31H35BN6. The highest BCUT2D eigenvalue weighted by Crippen LogP contribution is 2.30. The summed E-state index contributed by atoms with van der Waals surface area (Å²) >= 11 is 0. The molecule has 5 rings (SSSR count). The number of anilines is 1. The molecule has 0 amide bonds. The Labute approximate surface area is 227 Å². The van der Waals surface area contributed by atoms with Crippen LogP contribution < -0.4 is 10.5 Å². The van der Waals surface area contributed by atoms with Crippen molar-refractivity contribution >= 4 is 24.8 Å². The van der Waals surface area contributed by atoms with E-state index in [1.54, 1.807) is 10.7 Å². The maximum atomic E-state index is 9.71. The molecule has 0 spiro atoms.